The smallest absolute Gasteiger partial charge is 0.241 e. The molecular formula is C18H15FN2O3S. The van der Waals surface area contributed by atoms with Crippen molar-refractivity contribution in [1.29, 1.82) is 0 Å². The summed E-state index contributed by atoms with van der Waals surface area (Å²) in [7, 11) is -3.89. The van der Waals surface area contributed by atoms with Gasteiger partial charge in [-0.3, -0.25) is 4.79 Å². The normalized spacial score (nSPS) is 11.4. The predicted octanol–water partition coefficient (Wildman–Crippen LogP) is 2.90. The molecule has 0 aliphatic rings. The van der Waals surface area contributed by atoms with Crippen LogP contribution in [0.3, 0.4) is 0 Å². The maximum absolute atomic E-state index is 13.5. The molecule has 0 fully saturated rings. The summed E-state index contributed by atoms with van der Waals surface area (Å²) < 4.78 is 40.8. The Balaban J connectivity index is 1.75. The quantitative estimate of drug-likeness (QED) is 0.736. The molecule has 0 atom stereocenters. The van der Waals surface area contributed by atoms with Gasteiger partial charge in [-0.05, 0) is 23.6 Å². The van der Waals surface area contributed by atoms with Gasteiger partial charge >= 0.3 is 0 Å². The van der Waals surface area contributed by atoms with E-state index < -0.39 is 28.3 Å². The molecule has 0 unspecified atom stereocenters. The number of hydrogen-bond donors (Lipinski definition) is 2. The second-order valence-corrected chi connectivity index (χ2v) is 7.07. The van der Waals surface area contributed by atoms with E-state index in [9.17, 15) is 17.6 Å². The van der Waals surface area contributed by atoms with Crippen LogP contribution in [0.25, 0.3) is 10.8 Å². The lowest BCUT2D eigenvalue weighted by Gasteiger charge is -2.10. The molecule has 0 heterocycles. The van der Waals surface area contributed by atoms with Crippen LogP contribution in [0.5, 0.6) is 0 Å². The van der Waals surface area contributed by atoms with E-state index in [1.807, 2.05) is 6.07 Å². The van der Waals surface area contributed by atoms with Crippen molar-refractivity contribution in [3.8, 4) is 0 Å². The molecule has 5 nitrogen and oxygen atoms in total. The molecule has 1 amide bonds. The molecule has 3 aromatic carbocycles. The van der Waals surface area contributed by atoms with Gasteiger partial charge in [0.1, 0.15) is 5.82 Å². The number of hydrogen-bond acceptors (Lipinski definition) is 3. The standard InChI is InChI=1S/C18H15FN2O3S/c19-15-9-3-4-10-16(15)21-18(22)12-20-25(23,24)17-11-5-7-13-6-1-2-8-14(13)17/h1-11,20H,12H2,(H,21,22). The zero-order chi connectivity index (χ0) is 17.9. The first-order valence-corrected chi connectivity index (χ1v) is 8.97. The fourth-order valence-corrected chi connectivity index (χ4v) is 3.64. The molecule has 2 N–H and O–H groups in total. The van der Waals surface area contributed by atoms with Crippen LogP contribution < -0.4 is 10.0 Å². The molecule has 3 rings (SSSR count). The topological polar surface area (TPSA) is 75.3 Å². The number of para-hydroxylation sites is 1. The zero-order valence-corrected chi connectivity index (χ0v) is 13.9. The average molecular weight is 358 g/mol. The van der Waals surface area contributed by atoms with Gasteiger partial charge < -0.3 is 5.32 Å². The molecule has 0 radical (unpaired) electrons. The Bertz CT molecular complexity index is 1030. The van der Waals surface area contributed by atoms with Crippen LogP contribution in [0.4, 0.5) is 10.1 Å². The van der Waals surface area contributed by atoms with Gasteiger partial charge in [0.25, 0.3) is 0 Å². The highest BCUT2D eigenvalue weighted by Gasteiger charge is 2.18. The van der Waals surface area contributed by atoms with Crippen molar-refractivity contribution in [2.75, 3.05) is 11.9 Å². The van der Waals surface area contributed by atoms with E-state index in [-0.39, 0.29) is 10.6 Å². The number of carbonyl (C=O) groups excluding carboxylic acids is 1. The van der Waals surface area contributed by atoms with E-state index in [0.717, 1.165) is 5.39 Å². The molecule has 0 saturated heterocycles. The van der Waals surface area contributed by atoms with Crippen molar-refractivity contribution in [2.45, 2.75) is 4.90 Å². The minimum Gasteiger partial charge on any atom is -0.322 e. The van der Waals surface area contributed by atoms with E-state index in [2.05, 4.69) is 10.0 Å². The summed E-state index contributed by atoms with van der Waals surface area (Å²) >= 11 is 0. The lowest BCUT2D eigenvalue weighted by Crippen LogP contribution is -2.33. The highest BCUT2D eigenvalue weighted by molar-refractivity contribution is 7.89. The third-order valence-corrected chi connectivity index (χ3v) is 5.07. The van der Waals surface area contributed by atoms with Gasteiger partial charge in [-0.2, -0.15) is 0 Å². The number of carbonyl (C=O) groups is 1. The molecule has 0 spiro atoms. The molecule has 0 saturated carbocycles. The van der Waals surface area contributed by atoms with Crippen LogP contribution in [-0.4, -0.2) is 20.9 Å². The minimum atomic E-state index is -3.89. The van der Waals surface area contributed by atoms with E-state index >= 15 is 0 Å². The maximum atomic E-state index is 13.5. The molecule has 7 heteroatoms. The van der Waals surface area contributed by atoms with Crippen molar-refractivity contribution < 1.29 is 17.6 Å². The van der Waals surface area contributed by atoms with Gasteiger partial charge in [0.15, 0.2) is 0 Å². The van der Waals surface area contributed by atoms with Crippen molar-refractivity contribution >= 4 is 32.4 Å². The summed E-state index contributed by atoms with van der Waals surface area (Å²) in [5.74, 6) is -1.25. The van der Waals surface area contributed by atoms with Crippen molar-refractivity contribution in [1.82, 2.24) is 4.72 Å². The van der Waals surface area contributed by atoms with Crippen LogP contribution in [0, 0.1) is 5.82 Å². The minimum absolute atomic E-state index is 0.00291. The van der Waals surface area contributed by atoms with E-state index in [4.69, 9.17) is 0 Å². The highest BCUT2D eigenvalue weighted by Crippen LogP contribution is 2.22. The Hall–Kier alpha value is -2.77. The number of sulfonamides is 1. The van der Waals surface area contributed by atoms with Crippen molar-refractivity contribution in [2.24, 2.45) is 0 Å². The Morgan fingerprint density at radius 1 is 0.920 bits per heavy atom. The SMILES string of the molecule is O=C(CNS(=O)(=O)c1cccc2ccccc12)Nc1ccccc1F. The zero-order valence-electron chi connectivity index (χ0n) is 13.1. The van der Waals surface area contributed by atoms with Gasteiger partial charge in [0.2, 0.25) is 15.9 Å². The Morgan fingerprint density at radius 3 is 2.40 bits per heavy atom. The molecule has 128 valence electrons. The molecule has 25 heavy (non-hydrogen) atoms. The summed E-state index contributed by atoms with van der Waals surface area (Å²) in [6.45, 7) is -0.500. The molecule has 3 aromatic rings. The van der Waals surface area contributed by atoms with Gasteiger partial charge in [-0.1, -0.05) is 48.5 Å². The molecule has 0 aromatic heterocycles. The Kier molecular flexibility index (Phi) is 4.78. The lowest BCUT2D eigenvalue weighted by molar-refractivity contribution is -0.115. The third kappa shape index (κ3) is 3.84. The monoisotopic (exact) mass is 358 g/mol. The van der Waals surface area contributed by atoms with E-state index in [0.29, 0.717) is 5.39 Å². The van der Waals surface area contributed by atoms with E-state index in [1.165, 1.54) is 24.3 Å². The van der Waals surface area contributed by atoms with Crippen LogP contribution in [0.15, 0.2) is 71.6 Å². The summed E-state index contributed by atoms with van der Waals surface area (Å²) in [6.07, 6.45) is 0. The van der Waals surface area contributed by atoms with Crippen LogP contribution >= 0.6 is 0 Å². The summed E-state index contributed by atoms with van der Waals surface area (Å²) in [6, 6.07) is 17.6. The number of nitrogens with one attached hydrogen (secondary N) is 2. The molecule has 0 aliphatic carbocycles. The number of anilines is 1. The predicted molar refractivity (Wildman–Crippen MR) is 94.2 cm³/mol. The maximum Gasteiger partial charge on any atom is 0.241 e. The van der Waals surface area contributed by atoms with Crippen LogP contribution in [0.2, 0.25) is 0 Å². The average Bonchev–Trinajstić information content (AvgIpc) is 2.61. The van der Waals surface area contributed by atoms with Gasteiger partial charge in [-0.25, -0.2) is 17.5 Å². The number of benzene rings is 3. The number of rotatable bonds is 5. The van der Waals surface area contributed by atoms with Crippen molar-refractivity contribution in [3.05, 3.63) is 72.5 Å². The highest BCUT2D eigenvalue weighted by atomic mass is 32.2. The fraction of sp³-hybridized carbons (Fsp3) is 0.0556. The first-order chi connectivity index (χ1) is 12.0. The first-order valence-electron chi connectivity index (χ1n) is 7.49. The third-order valence-electron chi connectivity index (χ3n) is 3.61. The molecular weight excluding hydrogens is 343 g/mol. The van der Waals surface area contributed by atoms with Crippen molar-refractivity contribution in [3.63, 3.8) is 0 Å². The first kappa shape index (κ1) is 17.1. The van der Waals surface area contributed by atoms with Gasteiger partial charge in [-0.15, -0.1) is 0 Å². The Morgan fingerprint density at radius 2 is 1.60 bits per heavy atom. The second-order valence-electron chi connectivity index (χ2n) is 5.33. The molecule has 0 bridgehead atoms. The van der Waals surface area contributed by atoms with E-state index in [1.54, 1.807) is 36.4 Å². The summed E-state index contributed by atoms with van der Waals surface area (Å²) in [5.41, 5.74) is -0.00291. The Labute approximate surface area is 144 Å². The molecule has 0 aliphatic heterocycles. The largest absolute Gasteiger partial charge is 0.322 e. The number of amides is 1. The fourth-order valence-electron chi connectivity index (χ4n) is 2.43. The van der Waals surface area contributed by atoms with Crippen LogP contribution in [-0.2, 0) is 14.8 Å². The summed E-state index contributed by atoms with van der Waals surface area (Å²) in [5, 5.41) is 3.67. The second kappa shape index (κ2) is 7.00. The lowest BCUT2D eigenvalue weighted by atomic mass is 10.1. The van der Waals surface area contributed by atoms with Crippen LogP contribution in [0.1, 0.15) is 0 Å². The van der Waals surface area contributed by atoms with Gasteiger partial charge in [0, 0.05) is 5.39 Å². The number of fused-ring (bicyclic) bond motifs is 1. The number of halogens is 1. The van der Waals surface area contributed by atoms with Gasteiger partial charge in [0.05, 0.1) is 17.1 Å². The summed E-state index contributed by atoms with van der Waals surface area (Å²) in [4.78, 5) is 12.0.